The fraction of sp³-hybridized carbons (Fsp3) is 0.435. The largest absolute Gasteiger partial charge is 0.338 e. The van der Waals surface area contributed by atoms with Crippen molar-refractivity contribution in [2.75, 3.05) is 13.1 Å². The van der Waals surface area contributed by atoms with Gasteiger partial charge in [0.05, 0.1) is 29.5 Å². The highest BCUT2D eigenvalue weighted by atomic mass is 35.5. The molecule has 1 amide bonds. The summed E-state index contributed by atoms with van der Waals surface area (Å²) in [5.74, 6) is -0.0117. The number of hydrogen-bond donors (Lipinski definition) is 1. The van der Waals surface area contributed by atoms with Gasteiger partial charge in [-0.1, -0.05) is 30.2 Å². The van der Waals surface area contributed by atoms with Crippen molar-refractivity contribution < 1.29 is 4.79 Å². The smallest absolute Gasteiger partial charge is 0.277 e. The number of piperidine rings is 1. The molecular weight excluding hydrogens is 414 g/mol. The zero-order valence-electron chi connectivity index (χ0n) is 17.6. The Labute approximate surface area is 185 Å². The normalized spacial score (nSPS) is 19.5. The van der Waals surface area contributed by atoms with Crippen molar-refractivity contribution in [3.05, 3.63) is 68.2 Å². The molecule has 1 atom stereocenters. The molecule has 0 aliphatic carbocycles. The van der Waals surface area contributed by atoms with Gasteiger partial charge in [0.2, 0.25) is 5.91 Å². The Morgan fingerprint density at radius 3 is 2.81 bits per heavy atom. The molecule has 31 heavy (non-hydrogen) atoms. The topological polar surface area (TPSA) is 73.7 Å². The summed E-state index contributed by atoms with van der Waals surface area (Å²) in [6.07, 6.45) is 3.97. The monoisotopic (exact) mass is 439 g/mol. The first-order chi connectivity index (χ1) is 15.0. The number of amides is 1. The van der Waals surface area contributed by atoms with Crippen LogP contribution in [-0.2, 0) is 24.3 Å². The SMILES string of the molecule is CC(=O)N1CCc2nc3cc([C@H]4CCCCN4Cc4ccc(Cl)cc4)[nH]n3c(=O)c2C1. The van der Waals surface area contributed by atoms with Crippen LogP contribution in [0.5, 0.6) is 0 Å². The van der Waals surface area contributed by atoms with Crippen LogP contribution < -0.4 is 5.56 Å². The number of carbonyl (C=O) groups excluding carboxylic acids is 1. The molecule has 7 nitrogen and oxygen atoms in total. The lowest BCUT2D eigenvalue weighted by molar-refractivity contribution is -0.129. The highest BCUT2D eigenvalue weighted by Gasteiger charge is 2.28. The Bertz CT molecular complexity index is 1180. The molecule has 8 heteroatoms. The number of halogens is 1. The van der Waals surface area contributed by atoms with E-state index in [2.05, 4.69) is 22.1 Å². The minimum absolute atomic E-state index is 0.0117. The van der Waals surface area contributed by atoms with Gasteiger partial charge in [-0.25, -0.2) is 9.50 Å². The fourth-order valence-electron chi connectivity index (χ4n) is 4.80. The van der Waals surface area contributed by atoms with Gasteiger partial charge in [-0.05, 0) is 37.1 Å². The fourth-order valence-corrected chi connectivity index (χ4v) is 4.92. The van der Waals surface area contributed by atoms with Crippen molar-refractivity contribution in [3.8, 4) is 0 Å². The number of nitrogens with one attached hydrogen (secondary N) is 1. The molecule has 2 aromatic heterocycles. The van der Waals surface area contributed by atoms with Crippen molar-refractivity contribution in [2.45, 2.75) is 51.7 Å². The maximum absolute atomic E-state index is 13.2. The van der Waals surface area contributed by atoms with Crippen LogP contribution in [0.15, 0.2) is 35.1 Å². The lowest BCUT2D eigenvalue weighted by Gasteiger charge is -2.35. The molecule has 2 aliphatic rings. The van der Waals surface area contributed by atoms with Crippen LogP contribution in [0.25, 0.3) is 5.65 Å². The van der Waals surface area contributed by atoms with Gasteiger partial charge in [0.25, 0.3) is 5.56 Å². The molecule has 1 saturated heterocycles. The predicted octanol–water partition coefficient (Wildman–Crippen LogP) is 3.31. The Hall–Kier alpha value is -2.64. The van der Waals surface area contributed by atoms with Gasteiger partial charge in [0.15, 0.2) is 5.65 Å². The minimum atomic E-state index is -0.0998. The van der Waals surface area contributed by atoms with Crippen LogP contribution in [0.1, 0.15) is 54.7 Å². The Morgan fingerprint density at radius 1 is 1.23 bits per heavy atom. The number of nitrogens with zero attached hydrogens (tertiary/aromatic N) is 4. The van der Waals surface area contributed by atoms with E-state index in [-0.39, 0.29) is 17.5 Å². The summed E-state index contributed by atoms with van der Waals surface area (Å²) in [5, 5.41) is 4.07. The van der Waals surface area contributed by atoms with E-state index < -0.39 is 0 Å². The second kappa shape index (κ2) is 8.13. The standard InChI is InChI=1S/C23H26ClN5O2/c1-15(30)27-11-9-19-18(14-27)23(31)29-22(25-19)12-20(26-29)21-4-2-3-10-28(21)13-16-5-7-17(24)8-6-16/h5-8,12,21,26H,2-4,9-11,13-14H2,1H3/t21-/m1/s1. The summed E-state index contributed by atoms with van der Waals surface area (Å²) in [7, 11) is 0. The third kappa shape index (κ3) is 3.88. The lowest BCUT2D eigenvalue weighted by atomic mass is 9.98. The number of rotatable bonds is 3. The molecular formula is C23H26ClN5O2. The summed E-state index contributed by atoms with van der Waals surface area (Å²) in [6, 6.07) is 10.2. The summed E-state index contributed by atoms with van der Waals surface area (Å²) in [6.45, 7) is 4.33. The number of carbonyl (C=O) groups is 1. The molecule has 4 heterocycles. The first-order valence-electron chi connectivity index (χ1n) is 10.9. The number of hydrogen-bond acceptors (Lipinski definition) is 4. The zero-order chi connectivity index (χ0) is 21.5. The van der Waals surface area contributed by atoms with E-state index in [1.165, 1.54) is 5.56 Å². The Balaban J connectivity index is 1.47. The van der Waals surface area contributed by atoms with Crippen molar-refractivity contribution in [1.29, 1.82) is 0 Å². The maximum Gasteiger partial charge on any atom is 0.277 e. The second-order valence-corrected chi connectivity index (χ2v) is 8.98. The minimum Gasteiger partial charge on any atom is -0.338 e. The van der Waals surface area contributed by atoms with E-state index in [1.807, 2.05) is 18.2 Å². The molecule has 1 N–H and O–H groups in total. The van der Waals surface area contributed by atoms with Crippen LogP contribution in [0, 0.1) is 0 Å². The third-order valence-corrected chi connectivity index (χ3v) is 6.75. The summed E-state index contributed by atoms with van der Waals surface area (Å²) >= 11 is 6.04. The van der Waals surface area contributed by atoms with Crippen molar-refractivity contribution >= 4 is 23.2 Å². The Kier molecular flexibility index (Phi) is 5.32. The summed E-state index contributed by atoms with van der Waals surface area (Å²) < 4.78 is 1.55. The molecule has 0 radical (unpaired) electrons. The van der Waals surface area contributed by atoms with Crippen LogP contribution in [-0.4, -0.2) is 43.4 Å². The van der Waals surface area contributed by atoms with E-state index >= 15 is 0 Å². The van der Waals surface area contributed by atoms with Gasteiger partial charge in [-0.2, -0.15) is 0 Å². The third-order valence-electron chi connectivity index (χ3n) is 6.50. The average molecular weight is 440 g/mol. The molecule has 3 aromatic rings. The molecule has 5 rings (SSSR count). The van der Waals surface area contributed by atoms with Gasteiger partial charge in [-0.3, -0.25) is 19.6 Å². The number of benzene rings is 1. The number of aromatic amines is 1. The van der Waals surface area contributed by atoms with Gasteiger partial charge < -0.3 is 4.90 Å². The van der Waals surface area contributed by atoms with Gasteiger partial charge in [0, 0.05) is 37.5 Å². The number of H-pyrrole nitrogens is 1. The van der Waals surface area contributed by atoms with Gasteiger partial charge >= 0.3 is 0 Å². The molecule has 2 aliphatic heterocycles. The summed E-state index contributed by atoms with van der Waals surface area (Å²) in [4.78, 5) is 33.9. The number of aromatic nitrogens is 3. The van der Waals surface area contributed by atoms with E-state index in [0.29, 0.717) is 30.7 Å². The van der Waals surface area contributed by atoms with Crippen LogP contribution >= 0.6 is 11.6 Å². The molecule has 0 spiro atoms. The Morgan fingerprint density at radius 2 is 2.03 bits per heavy atom. The number of likely N-dealkylation sites (tertiary alicyclic amines) is 1. The lowest BCUT2D eigenvalue weighted by Crippen LogP contribution is -2.39. The first kappa shape index (κ1) is 20.3. The van der Waals surface area contributed by atoms with Crippen molar-refractivity contribution in [3.63, 3.8) is 0 Å². The van der Waals surface area contributed by atoms with Crippen molar-refractivity contribution in [2.24, 2.45) is 0 Å². The molecule has 0 unspecified atom stereocenters. The highest BCUT2D eigenvalue weighted by Crippen LogP contribution is 2.32. The van der Waals surface area contributed by atoms with Gasteiger partial charge in [0.1, 0.15) is 0 Å². The molecule has 162 valence electrons. The second-order valence-electron chi connectivity index (χ2n) is 8.55. The van der Waals surface area contributed by atoms with Crippen LogP contribution in [0.3, 0.4) is 0 Å². The highest BCUT2D eigenvalue weighted by molar-refractivity contribution is 6.30. The first-order valence-corrected chi connectivity index (χ1v) is 11.2. The number of fused-ring (bicyclic) bond motifs is 2. The molecule has 1 aromatic carbocycles. The van der Waals surface area contributed by atoms with Crippen LogP contribution in [0.4, 0.5) is 0 Å². The molecule has 0 bridgehead atoms. The van der Waals surface area contributed by atoms with E-state index in [4.69, 9.17) is 16.6 Å². The molecule has 1 fully saturated rings. The van der Waals surface area contributed by atoms with E-state index in [1.54, 1.807) is 16.3 Å². The van der Waals surface area contributed by atoms with E-state index in [9.17, 15) is 9.59 Å². The van der Waals surface area contributed by atoms with E-state index in [0.717, 1.165) is 48.8 Å². The summed E-state index contributed by atoms with van der Waals surface area (Å²) in [5.41, 5.74) is 4.24. The zero-order valence-corrected chi connectivity index (χ0v) is 18.4. The predicted molar refractivity (Wildman–Crippen MR) is 119 cm³/mol. The maximum atomic E-state index is 13.2. The van der Waals surface area contributed by atoms with Gasteiger partial charge in [-0.15, -0.1) is 0 Å². The molecule has 0 saturated carbocycles. The average Bonchev–Trinajstić information content (AvgIpc) is 3.20. The quantitative estimate of drug-likeness (QED) is 0.679. The van der Waals surface area contributed by atoms with Crippen molar-refractivity contribution in [1.82, 2.24) is 24.4 Å². The van der Waals surface area contributed by atoms with Crippen LogP contribution in [0.2, 0.25) is 5.02 Å².